The Morgan fingerprint density at radius 2 is 1.80 bits per heavy atom. The lowest BCUT2D eigenvalue weighted by Crippen LogP contribution is -2.29. The van der Waals surface area contributed by atoms with Crippen molar-refractivity contribution in [2.24, 2.45) is 0 Å². The zero-order valence-electron chi connectivity index (χ0n) is 15.0. The fraction of sp³-hybridized carbons (Fsp3) is 0.381. The Morgan fingerprint density at radius 3 is 2.44 bits per heavy atom. The van der Waals surface area contributed by atoms with Crippen LogP contribution in [0, 0.1) is 6.92 Å². The maximum Gasteiger partial charge on any atom is 0.228 e. The summed E-state index contributed by atoms with van der Waals surface area (Å²) in [7, 11) is 1.66. The lowest BCUT2D eigenvalue weighted by Gasteiger charge is -2.28. The molecule has 0 unspecified atom stereocenters. The van der Waals surface area contributed by atoms with Gasteiger partial charge in [-0.3, -0.25) is 4.79 Å². The van der Waals surface area contributed by atoms with E-state index in [1.807, 2.05) is 37.3 Å². The minimum atomic E-state index is -0.00436. The molecule has 0 aliphatic carbocycles. The summed E-state index contributed by atoms with van der Waals surface area (Å²) in [4.78, 5) is 14.7. The molecule has 0 radical (unpaired) electrons. The Balaban J connectivity index is 1.58. The van der Waals surface area contributed by atoms with Gasteiger partial charge in [-0.05, 0) is 67.6 Å². The highest BCUT2D eigenvalue weighted by molar-refractivity contribution is 5.92. The van der Waals surface area contributed by atoms with E-state index in [0.717, 1.165) is 35.7 Å². The monoisotopic (exact) mass is 338 g/mol. The van der Waals surface area contributed by atoms with Crippen molar-refractivity contribution >= 4 is 17.3 Å². The highest BCUT2D eigenvalue weighted by Gasteiger charge is 2.11. The molecule has 2 aromatic rings. The molecule has 1 aliphatic rings. The van der Waals surface area contributed by atoms with Gasteiger partial charge in [0, 0.05) is 24.5 Å². The van der Waals surface area contributed by atoms with E-state index >= 15 is 0 Å². The van der Waals surface area contributed by atoms with Gasteiger partial charge in [0.2, 0.25) is 5.91 Å². The lowest BCUT2D eigenvalue weighted by molar-refractivity contribution is -0.115. The van der Waals surface area contributed by atoms with Crippen molar-refractivity contribution < 1.29 is 9.53 Å². The van der Waals surface area contributed by atoms with Crippen LogP contribution >= 0.6 is 0 Å². The molecule has 132 valence electrons. The number of rotatable bonds is 5. The Morgan fingerprint density at radius 1 is 1.08 bits per heavy atom. The van der Waals surface area contributed by atoms with Crippen LogP contribution in [0.25, 0.3) is 0 Å². The summed E-state index contributed by atoms with van der Waals surface area (Å²) in [5.41, 5.74) is 4.11. The normalized spacial score (nSPS) is 14.2. The molecule has 1 N–H and O–H groups in total. The molecule has 4 heteroatoms. The van der Waals surface area contributed by atoms with Gasteiger partial charge in [0.25, 0.3) is 0 Å². The number of hydrogen-bond donors (Lipinski definition) is 1. The number of piperidine rings is 1. The van der Waals surface area contributed by atoms with Gasteiger partial charge in [0.05, 0.1) is 13.5 Å². The Hall–Kier alpha value is -2.49. The quantitative estimate of drug-likeness (QED) is 0.889. The molecule has 0 aromatic heterocycles. The average molecular weight is 338 g/mol. The first-order valence-corrected chi connectivity index (χ1v) is 8.94. The fourth-order valence-corrected chi connectivity index (χ4v) is 3.35. The summed E-state index contributed by atoms with van der Waals surface area (Å²) in [6.07, 6.45) is 4.22. The number of ether oxygens (including phenoxy) is 1. The van der Waals surface area contributed by atoms with E-state index in [4.69, 9.17) is 4.74 Å². The lowest BCUT2D eigenvalue weighted by atomic mass is 10.1. The molecule has 1 fully saturated rings. The first-order valence-electron chi connectivity index (χ1n) is 8.94. The third-order valence-corrected chi connectivity index (χ3v) is 4.70. The van der Waals surface area contributed by atoms with Gasteiger partial charge in [0.15, 0.2) is 0 Å². The molecule has 0 atom stereocenters. The number of nitrogens with zero attached hydrogens (tertiary/aromatic N) is 1. The van der Waals surface area contributed by atoms with Crippen molar-refractivity contribution in [1.82, 2.24) is 0 Å². The van der Waals surface area contributed by atoms with E-state index in [0.29, 0.717) is 6.42 Å². The predicted molar refractivity (Wildman–Crippen MR) is 103 cm³/mol. The van der Waals surface area contributed by atoms with Crippen LogP contribution in [0.3, 0.4) is 0 Å². The second-order valence-corrected chi connectivity index (χ2v) is 6.62. The zero-order chi connectivity index (χ0) is 17.6. The third kappa shape index (κ3) is 4.53. The molecule has 1 heterocycles. The van der Waals surface area contributed by atoms with Crippen LogP contribution in [0.4, 0.5) is 11.4 Å². The number of aryl methyl sites for hydroxylation is 1. The summed E-state index contributed by atoms with van der Waals surface area (Å²) in [6.45, 7) is 4.24. The highest BCUT2D eigenvalue weighted by atomic mass is 16.5. The van der Waals surface area contributed by atoms with Crippen LogP contribution in [-0.4, -0.2) is 26.1 Å². The Kier molecular flexibility index (Phi) is 5.59. The standard InChI is InChI=1S/C21H26N2O2/c1-16-14-17(6-11-20(16)25-2)15-21(24)22-18-7-9-19(10-8-18)23-12-4-3-5-13-23/h6-11,14H,3-5,12-13,15H2,1-2H3,(H,22,24). The number of anilines is 2. The largest absolute Gasteiger partial charge is 0.496 e. The van der Waals surface area contributed by atoms with Crippen LogP contribution in [0.2, 0.25) is 0 Å². The summed E-state index contributed by atoms with van der Waals surface area (Å²) < 4.78 is 5.26. The minimum Gasteiger partial charge on any atom is -0.496 e. The molecule has 25 heavy (non-hydrogen) atoms. The van der Waals surface area contributed by atoms with Crippen molar-refractivity contribution in [2.45, 2.75) is 32.6 Å². The van der Waals surface area contributed by atoms with Gasteiger partial charge >= 0.3 is 0 Å². The zero-order valence-corrected chi connectivity index (χ0v) is 15.0. The van der Waals surface area contributed by atoms with Crippen LogP contribution in [0.1, 0.15) is 30.4 Å². The van der Waals surface area contributed by atoms with Crippen molar-refractivity contribution in [2.75, 3.05) is 30.4 Å². The molecule has 1 amide bonds. The first kappa shape index (κ1) is 17.3. The van der Waals surface area contributed by atoms with Gasteiger partial charge in [0.1, 0.15) is 5.75 Å². The molecule has 0 spiro atoms. The number of carbonyl (C=O) groups is 1. The maximum atomic E-state index is 12.3. The van der Waals surface area contributed by atoms with Gasteiger partial charge < -0.3 is 15.0 Å². The number of nitrogens with one attached hydrogen (secondary N) is 1. The Labute approximate surface area is 149 Å². The predicted octanol–water partition coefficient (Wildman–Crippen LogP) is 4.18. The van der Waals surface area contributed by atoms with Gasteiger partial charge in [-0.2, -0.15) is 0 Å². The number of amides is 1. The van der Waals surface area contributed by atoms with Crippen molar-refractivity contribution in [3.05, 3.63) is 53.6 Å². The fourth-order valence-electron chi connectivity index (χ4n) is 3.35. The molecule has 2 aromatic carbocycles. The van der Waals surface area contributed by atoms with Crippen LogP contribution in [-0.2, 0) is 11.2 Å². The van der Waals surface area contributed by atoms with E-state index in [-0.39, 0.29) is 5.91 Å². The van der Waals surface area contributed by atoms with E-state index in [1.54, 1.807) is 7.11 Å². The number of benzene rings is 2. The van der Waals surface area contributed by atoms with E-state index in [1.165, 1.54) is 24.9 Å². The second kappa shape index (κ2) is 8.06. The smallest absolute Gasteiger partial charge is 0.228 e. The molecule has 0 bridgehead atoms. The maximum absolute atomic E-state index is 12.3. The van der Waals surface area contributed by atoms with E-state index < -0.39 is 0 Å². The number of carbonyl (C=O) groups excluding carboxylic acids is 1. The van der Waals surface area contributed by atoms with Crippen molar-refractivity contribution in [1.29, 1.82) is 0 Å². The van der Waals surface area contributed by atoms with Crippen molar-refractivity contribution in [3.63, 3.8) is 0 Å². The van der Waals surface area contributed by atoms with Crippen molar-refractivity contribution in [3.8, 4) is 5.75 Å². The summed E-state index contributed by atoms with van der Waals surface area (Å²) in [5.74, 6) is 0.841. The molecular formula is C21H26N2O2. The highest BCUT2D eigenvalue weighted by Crippen LogP contribution is 2.22. The first-order chi connectivity index (χ1) is 12.2. The topological polar surface area (TPSA) is 41.6 Å². The van der Waals surface area contributed by atoms with Crippen LogP contribution in [0.5, 0.6) is 5.75 Å². The number of hydrogen-bond acceptors (Lipinski definition) is 3. The molecule has 1 saturated heterocycles. The van der Waals surface area contributed by atoms with Crippen LogP contribution in [0.15, 0.2) is 42.5 Å². The SMILES string of the molecule is COc1ccc(CC(=O)Nc2ccc(N3CCCCC3)cc2)cc1C. The van der Waals surface area contributed by atoms with E-state index in [2.05, 4.69) is 22.3 Å². The number of methoxy groups -OCH3 is 1. The van der Waals surface area contributed by atoms with Gasteiger partial charge in [-0.1, -0.05) is 12.1 Å². The molecule has 1 aliphatic heterocycles. The molecule has 4 nitrogen and oxygen atoms in total. The average Bonchev–Trinajstić information content (AvgIpc) is 2.63. The molecular weight excluding hydrogens is 312 g/mol. The minimum absolute atomic E-state index is 0.00436. The summed E-state index contributed by atoms with van der Waals surface area (Å²) in [5, 5.41) is 2.98. The summed E-state index contributed by atoms with van der Waals surface area (Å²) in [6, 6.07) is 14.0. The molecule has 0 saturated carbocycles. The van der Waals surface area contributed by atoms with Crippen LogP contribution < -0.4 is 15.0 Å². The van der Waals surface area contributed by atoms with Gasteiger partial charge in [-0.15, -0.1) is 0 Å². The molecule has 3 rings (SSSR count). The summed E-state index contributed by atoms with van der Waals surface area (Å²) >= 11 is 0. The van der Waals surface area contributed by atoms with Gasteiger partial charge in [-0.25, -0.2) is 0 Å². The Bertz CT molecular complexity index is 719. The third-order valence-electron chi connectivity index (χ3n) is 4.70. The second-order valence-electron chi connectivity index (χ2n) is 6.62. The van der Waals surface area contributed by atoms with E-state index in [9.17, 15) is 4.79 Å².